The Hall–Kier alpha value is -2.55. The van der Waals surface area contributed by atoms with E-state index in [9.17, 15) is 18.0 Å². The molecule has 23 heavy (non-hydrogen) atoms. The number of carbonyl (C=O) groups excluding carboxylic acids is 1. The quantitative estimate of drug-likeness (QED) is 0.740. The highest BCUT2D eigenvalue weighted by molar-refractivity contribution is 7.16. The van der Waals surface area contributed by atoms with Crippen LogP contribution in [0.5, 0.6) is 5.75 Å². The number of amides is 1. The average molecular weight is 343 g/mol. The molecule has 0 aliphatic heterocycles. The van der Waals surface area contributed by atoms with Crippen molar-refractivity contribution >= 4 is 33.3 Å². The third-order valence-electron chi connectivity index (χ3n) is 2.71. The minimum absolute atomic E-state index is 0. The van der Waals surface area contributed by atoms with Crippen molar-refractivity contribution in [3.63, 3.8) is 0 Å². The van der Waals surface area contributed by atoms with Gasteiger partial charge in [-0.2, -0.15) is 0 Å². The molecule has 0 aliphatic rings. The minimum atomic E-state index is -4.74. The minimum Gasteiger partial charge on any atom is -0.406 e. The van der Waals surface area contributed by atoms with Crippen molar-refractivity contribution in [2.45, 2.75) is 13.8 Å². The fraction of sp³-hybridized carbons (Fsp3) is 0.143. The summed E-state index contributed by atoms with van der Waals surface area (Å²) in [6.45, 7) is 0. The zero-order chi connectivity index (χ0) is 15.7. The molecule has 0 spiro atoms. The Morgan fingerprint density at radius 2 is 1.96 bits per heavy atom. The Kier molecular flexibility index (Phi) is 4.60. The maximum absolute atomic E-state index is 12.0. The van der Waals surface area contributed by atoms with E-state index in [1.807, 2.05) is 0 Å². The summed E-state index contributed by atoms with van der Waals surface area (Å²) in [5.41, 5.74) is 3.02. The Bertz CT molecular complexity index is 780. The Labute approximate surface area is 133 Å². The fourth-order valence-corrected chi connectivity index (χ4v) is 2.48. The molecule has 0 saturated carbocycles. The number of benzene rings is 1. The average Bonchev–Trinajstić information content (AvgIpc) is 3.00. The van der Waals surface area contributed by atoms with Gasteiger partial charge in [0.1, 0.15) is 21.8 Å². The highest BCUT2D eigenvalue weighted by atomic mass is 32.1. The SMILES string of the molecule is C.O=C(Nc1ccc(OC(F)(F)F)cc1)c1cc2ncsc2[nH]1. The second-order valence-electron chi connectivity index (χ2n) is 4.28. The predicted octanol–water partition coefficient (Wildman–Crippen LogP) is 4.41. The Morgan fingerprint density at radius 1 is 1.26 bits per heavy atom. The molecule has 3 rings (SSSR count). The zero-order valence-corrected chi connectivity index (χ0v) is 11.6. The van der Waals surface area contributed by atoms with Crippen molar-refractivity contribution < 1.29 is 22.7 Å². The maximum Gasteiger partial charge on any atom is 0.573 e. The molecule has 2 N–H and O–H groups in total. The number of carbonyl (C=O) groups is 1. The van der Waals surface area contributed by atoms with Gasteiger partial charge in [-0.1, -0.05) is 7.43 Å². The van der Waals surface area contributed by atoms with E-state index < -0.39 is 12.3 Å². The molecule has 9 heteroatoms. The predicted molar refractivity (Wildman–Crippen MR) is 81.8 cm³/mol. The molecule has 0 atom stereocenters. The first-order valence-corrected chi connectivity index (χ1v) is 6.88. The molecule has 0 saturated heterocycles. The van der Waals surface area contributed by atoms with Gasteiger partial charge in [-0.25, -0.2) is 4.98 Å². The lowest BCUT2D eigenvalue weighted by atomic mass is 10.3. The van der Waals surface area contributed by atoms with Gasteiger partial charge < -0.3 is 15.0 Å². The zero-order valence-electron chi connectivity index (χ0n) is 10.8. The summed E-state index contributed by atoms with van der Waals surface area (Å²) in [5.74, 6) is -0.759. The molecule has 0 aliphatic carbocycles. The second kappa shape index (κ2) is 6.29. The van der Waals surface area contributed by atoms with E-state index in [1.54, 1.807) is 11.6 Å². The van der Waals surface area contributed by atoms with Crippen molar-refractivity contribution in [3.8, 4) is 5.75 Å². The van der Waals surface area contributed by atoms with Crippen LogP contribution in [0.4, 0.5) is 18.9 Å². The van der Waals surface area contributed by atoms with Gasteiger partial charge in [0.25, 0.3) is 5.91 Å². The normalized spacial score (nSPS) is 11.1. The van der Waals surface area contributed by atoms with Gasteiger partial charge in [-0.05, 0) is 30.3 Å². The van der Waals surface area contributed by atoms with Crippen molar-refractivity contribution in [1.82, 2.24) is 9.97 Å². The van der Waals surface area contributed by atoms with Crippen molar-refractivity contribution in [2.75, 3.05) is 5.32 Å². The van der Waals surface area contributed by atoms with Crippen LogP contribution in [-0.2, 0) is 0 Å². The third kappa shape index (κ3) is 4.01. The number of hydrogen-bond acceptors (Lipinski definition) is 4. The number of aromatic amines is 1. The summed E-state index contributed by atoms with van der Waals surface area (Å²) in [5, 5.41) is 2.57. The number of rotatable bonds is 3. The van der Waals surface area contributed by atoms with Crippen molar-refractivity contribution in [3.05, 3.63) is 41.5 Å². The molecular formula is C14H12F3N3O2S. The largest absolute Gasteiger partial charge is 0.573 e. The van der Waals surface area contributed by atoms with E-state index in [2.05, 4.69) is 20.0 Å². The number of alkyl halides is 3. The van der Waals surface area contributed by atoms with E-state index in [4.69, 9.17) is 0 Å². The van der Waals surface area contributed by atoms with Gasteiger partial charge in [0, 0.05) is 5.69 Å². The molecule has 0 bridgehead atoms. The van der Waals surface area contributed by atoms with Crippen molar-refractivity contribution in [2.24, 2.45) is 0 Å². The molecule has 0 fully saturated rings. The number of nitrogens with one attached hydrogen (secondary N) is 2. The number of thiazole rings is 1. The second-order valence-corrected chi connectivity index (χ2v) is 5.13. The number of ether oxygens (including phenoxy) is 1. The van der Waals surface area contributed by atoms with Crippen LogP contribution in [0.15, 0.2) is 35.8 Å². The van der Waals surface area contributed by atoms with Crippen LogP contribution >= 0.6 is 11.3 Å². The topological polar surface area (TPSA) is 67.0 Å². The van der Waals surface area contributed by atoms with E-state index in [0.717, 1.165) is 17.0 Å². The molecule has 2 aromatic heterocycles. The molecule has 0 unspecified atom stereocenters. The number of halogens is 3. The molecule has 5 nitrogen and oxygen atoms in total. The summed E-state index contributed by atoms with van der Waals surface area (Å²) in [6.07, 6.45) is -4.74. The number of nitrogens with zero attached hydrogens (tertiary/aromatic N) is 1. The first kappa shape index (κ1) is 16.8. The molecule has 1 amide bonds. The van der Waals surface area contributed by atoms with Gasteiger partial charge in [0.2, 0.25) is 0 Å². The highest BCUT2D eigenvalue weighted by Crippen LogP contribution is 2.24. The molecule has 1 aromatic carbocycles. The number of H-pyrrole nitrogens is 1. The van der Waals surface area contributed by atoms with Crippen molar-refractivity contribution in [1.29, 1.82) is 0 Å². The van der Waals surface area contributed by atoms with E-state index in [1.165, 1.54) is 23.5 Å². The lowest BCUT2D eigenvalue weighted by Crippen LogP contribution is -2.17. The fourth-order valence-electron chi connectivity index (χ4n) is 1.81. The molecular weight excluding hydrogens is 331 g/mol. The highest BCUT2D eigenvalue weighted by Gasteiger charge is 2.30. The molecule has 122 valence electrons. The summed E-state index contributed by atoms with van der Waals surface area (Å²) >= 11 is 1.37. The van der Waals surface area contributed by atoms with Crippen LogP contribution in [0, 0.1) is 0 Å². The smallest absolute Gasteiger partial charge is 0.406 e. The number of fused-ring (bicyclic) bond motifs is 1. The lowest BCUT2D eigenvalue weighted by molar-refractivity contribution is -0.274. The molecule has 0 radical (unpaired) electrons. The van der Waals surface area contributed by atoms with Crippen LogP contribution in [0.3, 0.4) is 0 Å². The van der Waals surface area contributed by atoms with Crippen LogP contribution in [0.1, 0.15) is 17.9 Å². The number of anilines is 1. The number of hydrogen-bond donors (Lipinski definition) is 2. The first-order chi connectivity index (χ1) is 10.4. The van der Waals surface area contributed by atoms with Gasteiger partial charge >= 0.3 is 6.36 Å². The number of aromatic nitrogens is 2. The monoisotopic (exact) mass is 343 g/mol. The van der Waals surface area contributed by atoms with Gasteiger partial charge in [-0.15, -0.1) is 24.5 Å². The van der Waals surface area contributed by atoms with Crippen LogP contribution < -0.4 is 10.1 Å². The van der Waals surface area contributed by atoms with E-state index in [0.29, 0.717) is 16.9 Å². The standard InChI is InChI=1S/C13H8F3N3O2S.CH4/c14-13(15,16)21-8-3-1-7(2-4-8)18-11(20)9-5-10-12(19-9)22-6-17-10;/h1-6,19H,(H,18,20);1H4. The van der Waals surface area contributed by atoms with Crippen LogP contribution in [0.25, 0.3) is 10.3 Å². The maximum atomic E-state index is 12.0. The first-order valence-electron chi connectivity index (χ1n) is 6.00. The molecule has 2 heterocycles. The summed E-state index contributed by atoms with van der Waals surface area (Å²) in [4.78, 5) is 19.8. The van der Waals surface area contributed by atoms with E-state index >= 15 is 0 Å². The van der Waals surface area contributed by atoms with Gasteiger partial charge in [0.05, 0.1) is 5.51 Å². The third-order valence-corrected chi connectivity index (χ3v) is 3.47. The summed E-state index contributed by atoms with van der Waals surface area (Å²) in [7, 11) is 0. The molecule has 3 aromatic rings. The lowest BCUT2D eigenvalue weighted by Gasteiger charge is -2.09. The summed E-state index contributed by atoms with van der Waals surface area (Å²) < 4.78 is 39.9. The Balaban J connectivity index is 0.00000192. The van der Waals surface area contributed by atoms with Gasteiger partial charge in [0.15, 0.2) is 0 Å². The summed E-state index contributed by atoms with van der Waals surface area (Å²) in [6, 6.07) is 6.49. The Morgan fingerprint density at radius 3 is 2.57 bits per heavy atom. The van der Waals surface area contributed by atoms with E-state index in [-0.39, 0.29) is 13.2 Å². The van der Waals surface area contributed by atoms with Gasteiger partial charge in [-0.3, -0.25) is 4.79 Å². The van der Waals surface area contributed by atoms with Crippen LogP contribution in [-0.4, -0.2) is 22.2 Å². The van der Waals surface area contributed by atoms with Crippen LogP contribution in [0.2, 0.25) is 0 Å².